The molecular formula is C23H26O2Ti-2. The summed E-state index contributed by atoms with van der Waals surface area (Å²) in [5, 5.41) is 21.9. The van der Waals surface area contributed by atoms with E-state index in [9.17, 15) is 0 Å². The Hall–Kier alpha value is -1.71. The van der Waals surface area contributed by atoms with Crippen molar-refractivity contribution in [3.63, 3.8) is 0 Å². The molecule has 0 amide bonds. The smallest absolute Gasteiger partial charge is 0.0771 e. The number of benzene rings is 2. The Balaban J connectivity index is 0.000000403. The molecule has 136 valence electrons. The van der Waals surface area contributed by atoms with Crippen molar-refractivity contribution in [3.05, 3.63) is 78.9 Å². The van der Waals surface area contributed by atoms with Crippen LogP contribution in [0, 0.1) is 6.08 Å². The molecule has 0 bridgehead atoms. The van der Waals surface area contributed by atoms with Crippen LogP contribution in [-0.4, -0.2) is 18.0 Å². The first-order chi connectivity index (χ1) is 12.7. The van der Waals surface area contributed by atoms with E-state index in [1.165, 1.54) is 25.4 Å². The molecule has 4 rings (SSSR count). The fourth-order valence-corrected chi connectivity index (χ4v) is 2.24. The maximum Gasteiger partial charge on any atom is -0.0771 e. The summed E-state index contributed by atoms with van der Waals surface area (Å²) in [6.45, 7) is 4.17. The molecule has 26 heavy (non-hydrogen) atoms. The van der Waals surface area contributed by atoms with E-state index < -0.39 is 0 Å². The summed E-state index contributed by atoms with van der Waals surface area (Å²) >= 11 is 2.08. The summed E-state index contributed by atoms with van der Waals surface area (Å²) in [5.41, 5.74) is 0. The van der Waals surface area contributed by atoms with Crippen LogP contribution < -0.4 is 10.2 Å². The Morgan fingerprint density at radius 2 is 1.31 bits per heavy atom. The Labute approximate surface area is 168 Å². The van der Waals surface area contributed by atoms with Crippen molar-refractivity contribution in [2.45, 2.75) is 20.3 Å². The molecule has 0 spiro atoms. The Bertz CT molecular complexity index is 749. The molecule has 1 aliphatic carbocycles. The van der Waals surface area contributed by atoms with E-state index in [1.807, 2.05) is 12.2 Å². The first kappa shape index (κ1) is 24.3. The van der Waals surface area contributed by atoms with E-state index >= 15 is 0 Å². The number of allylic oxidation sites excluding steroid dienone is 4. The van der Waals surface area contributed by atoms with Crippen molar-refractivity contribution in [3.8, 4) is 0 Å². The van der Waals surface area contributed by atoms with Gasteiger partial charge in [-0.05, 0) is 0 Å². The zero-order valence-electron chi connectivity index (χ0n) is 16.0. The first-order valence-corrected chi connectivity index (χ1v) is 9.05. The molecule has 0 atom stereocenters. The minimum atomic E-state index is 0.750. The van der Waals surface area contributed by atoms with Gasteiger partial charge in [-0.15, -0.1) is 46.2 Å². The number of rotatable bonds is 0. The van der Waals surface area contributed by atoms with Gasteiger partial charge in [0.05, 0.1) is 0 Å². The molecule has 2 nitrogen and oxygen atoms in total. The molecule has 0 N–H and O–H groups in total. The topological polar surface area (TPSA) is 46.1 Å². The summed E-state index contributed by atoms with van der Waals surface area (Å²) in [7, 11) is 1.50. The summed E-state index contributed by atoms with van der Waals surface area (Å²) in [4.78, 5) is 0. The predicted molar refractivity (Wildman–Crippen MR) is 107 cm³/mol. The van der Waals surface area contributed by atoms with E-state index in [4.69, 9.17) is 10.2 Å². The number of fused-ring (bicyclic) bond motifs is 3. The number of hydrogen-bond acceptors (Lipinski definition) is 2. The molecular weight excluding hydrogens is 356 g/mol. The zero-order chi connectivity index (χ0) is 19.8. The molecule has 0 heterocycles. The third kappa shape index (κ3) is 9.12. The second kappa shape index (κ2) is 15.5. The molecule has 1 aliphatic rings. The van der Waals surface area contributed by atoms with Crippen molar-refractivity contribution in [1.82, 2.24) is 0 Å². The third-order valence-corrected chi connectivity index (χ3v) is 3.11. The van der Waals surface area contributed by atoms with Gasteiger partial charge in [0.15, 0.2) is 0 Å². The molecule has 0 radical (unpaired) electrons. The quantitative estimate of drug-likeness (QED) is 0.440. The minimum absolute atomic E-state index is 0.750. The molecule has 0 unspecified atom stereocenters. The molecule has 3 heteroatoms. The largest absolute Gasteiger partial charge is 0.857 e. The molecule has 0 saturated carbocycles. The Morgan fingerprint density at radius 1 is 0.885 bits per heavy atom. The predicted octanol–water partition coefficient (Wildman–Crippen LogP) is 3.72. The van der Waals surface area contributed by atoms with Gasteiger partial charge >= 0.3 is 37.6 Å². The second-order valence-corrected chi connectivity index (χ2v) is 6.88. The maximum atomic E-state index is 8.25. The summed E-state index contributed by atoms with van der Waals surface area (Å²) in [5.74, 6) is 0. The fourth-order valence-electron chi connectivity index (χ4n) is 2.24. The summed E-state index contributed by atoms with van der Waals surface area (Å²) in [6, 6.07) is 19.3. The number of hydrogen-bond donors (Lipinski definition) is 0. The van der Waals surface area contributed by atoms with Crippen LogP contribution in [0.3, 0.4) is 0 Å². The van der Waals surface area contributed by atoms with Gasteiger partial charge < -0.3 is 10.2 Å². The van der Waals surface area contributed by atoms with Crippen LogP contribution in [0.2, 0.25) is 0 Å². The zero-order valence-corrected chi connectivity index (χ0v) is 17.5. The van der Waals surface area contributed by atoms with Crippen LogP contribution in [0.15, 0.2) is 72.8 Å². The Kier molecular flexibility index (Phi) is 14.5. The van der Waals surface area contributed by atoms with E-state index in [0.717, 1.165) is 20.6 Å². The van der Waals surface area contributed by atoms with Gasteiger partial charge in [0.1, 0.15) is 0 Å². The summed E-state index contributed by atoms with van der Waals surface area (Å²) < 4.78 is 1.42. The van der Waals surface area contributed by atoms with E-state index in [1.54, 1.807) is 0 Å². The van der Waals surface area contributed by atoms with Gasteiger partial charge in [0.25, 0.3) is 0 Å². The van der Waals surface area contributed by atoms with Crippen molar-refractivity contribution < 1.29 is 30.2 Å². The third-order valence-electron chi connectivity index (χ3n) is 3.11. The van der Waals surface area contributed by atoms with Gasteiger partial charge in [0.2, 0.25) is 0 Å². The molecule has 0 aromatic heterocycles. The fraction of sp³-hybridized carbons (Fsp3) is 0.217. The van der Waals surface area contributed by atoms with Crippen LogP contribution in [0.25, 0.3) is 21.5 Å². The molecule has 0 saturated heterocycles. The standard InChI is InChI=1S/C13H9.C5H5.C3H6.2CH3O.Ti/c1-3-7-12-10(5-1)9-11-6-2-4-8-13(11)12;1-2-4-5-3-1;1-3-2;2*1-2;/h1-9H;1-3H,4H2;1-2H3;2*1H3;/q2*-1;;2*-1;+2. The average molecular weight is 382 g/mol. The first-order valence-electron chi connectivity index (χ1n) is 8.27. The van der Waals surface area contributed by atoms with Gasteiger partial charge in [-0.25, -0.2) is 12.2 Å². The van der Waals surface area contributed by atoms with Crippen LogP contribution in [-0.2, 0) is 20.0 Å². The van der Waals surface area contributed by atoms with Crippen LogP contribution >= 0.6 is 0 Å². The molecule has 3 aromatic rings. The Morgan fingerprint density at radius 3 is 1.62 bits per heavy atom. The van der Waals surface area contributed by atoms with E-state index in [-0.39, 0.29) is 0 Å². The molecule has 0 aliphatic heterocycles. The van der Waals surface area contributed by atoms with Crippen molar-refractivity contribution in [1.29, 1.82) is 0 Å². The minimum Gasteiger partial charge on any atom is -0.857 e. The van der Waals surface area contributed by atoms with Gasteiger partial charge in [-0.2, -0.15) is 20.3 Å². The molecule has 3 aromatic carbocycles. The summed E-state index contributed by atoms with van der Waals surface area (Å²) in [6.07, 6.45) is 10.0. The molecule has 0 fully saturated rings. The van der Waals surface area contributed by atoms with Crippen LogP contribution in [0.5, 0.6) is 0 Å². The van der Waals surface area contributed by atoms with Gasteiger partial charge in [-0.3, -0.25) is 6.08 Å². The normalized spacial score (nSPS) is 10.5. The van der Waals surface area contributed by atoms with E-state index in [2.05, 4.69) is 101 Å². The van der Waals surface area contributed by atoms with Crippen molar-refractivity contribution >= 4 is 25.4 Å². The van der Waals surface area contributed by atoms with Crippen LogP contribution in [0.4, 0.5) is 0 Å². The van der Waals surface area contributed by atoms with Crippen molar-refractivity contribution in [2.24, 2.45) is 0 Å². The van der Waals surface area contributed by atoms with Crippen LogP contribution in [0.1, 0.15) is 20.3 Å². The SMILES string of the molecule is C[C](C)=[Ti+2].C[O-].C[O-].[C-]1=CC=CC1.c1ccc2c(c1)[cH-]c1ccccc12. The monoisotopic (exact) mass is 382 g/mol. The second-order valence-electron chi connectivity index (χ2n) is 5.32. The maximum absolute atomic E-state index is 8.25. The van der Waals surface area contributed by atoms with E-state index in [0.29, 0.717) is 0 Å². The van der Waals surface area contributed by atoms with Gasteiger partial charge in [0, 0.05) is 0 Å². The van der Waals surface area contributed by atoms with Gasteiger partial charge in [-0.1, -0.05) is 36.4 Å². The van der Waals surface area contributed by atoms with Crippen molar-refractivity contribution in [2.75, 3.05) is 14.2 Å². The average Bonchev–Trinajstić information content (AvgIpc) is 3.36.